The monoisotopic (exact) mass is 630 g/mol. The molecule has 5 atom stereocenters. The van der Waals surface area contributed by atoms with Crippen LogP contribution in [0, 0.1) is 18.7 Å². The maximum absolute atomic E-state index is 17.1. The lowest BCUT2D eigenvalue weighted by molar-refractivity contribution is 0.107. The molecular weight excluding hydrogens is 594 g/mol. The van der Waals surface area contributed by atoms with Crippen LogP contribution in [0.5, 0.6) is 6.01 Å². The van der Waals surface area contributed by atoms with E-state index < -0.39 is 29.2 Å². The lowest BCUT2D eigenvalue weighted by Crippen LogP contribution is -2.48. The first-order chi connectivity index (χ1) is 22.2. The van der Waals surface area contributed by atoms with Crippen molar-refractivity contribution in [1.82, 2.24) is 35.4 Å². The zero-order valence-corrected chi connectivity index (χ0v) is 25.9. The Balaban J connectivity index is 1.22. The smallest absolute Gasteiger partial charge is 0.407 e. The minimum Gasteiger partial charge on any atom is -0.461 e. The van der Waals surface area contributed by atoms with Crippen molar-refractivity contribution in [3.8, 4) is 17.3 Å². The molecule has 13 heteroatoms. The number of H-pyrrole nitrogens is 1. The number of nitrogens with zero attached hydrogens (tertiary/aromatic N) is 6. The Hall–Kier alpha value is -4.13. The maximum Gasteiger partial charge on any atom is 0.407 e. The number of hydrogen-bond donors (Lipinski definition) is 2. The number of carbonyl (C=O) groups excluding carboxylic acids is 1. The zero-order chi connectivity index (χ0) is 31.4. The summed E-state index contributed by atoms with van der Waals surface area (Å²) in [6.07, 6.45) is 5.69. The van der Waals surface area contributed by atoms with E-state index in [2.05, 4.69) is 25.4 Å². The van der Waals surface area contributed by atoms with Gasteiger partial charge in [-0.3, -0.25) is 15.0 Å². The summed E-state index contributed by atoms with van der Waals surface area (Å²) in [7, 11) is 0. The number of aryl methyl sites for hydroxylation is 1. The highest BCUT2D eigenvalue weighted by molar-refractivity contribution is 6.00. The molecule has 3 aromatic heterocycles. The van der Waals surface area contributed by atoms with Crippen LogP contribution in [0.1, 0.15) is 56.1 Å². The fourth-order valence-corrected chi connectivity index (χ4v) is 8.62. The van der Waals surface area contributed by atoms with Gasteiger partial charge in [-0.15, -0.1) is 0 Å². The van der Waals surface area contributed by atoms with Gasteiger partial charge in [-0.2, -0.15) is 15.1 Å². The Labute approximate surface area is 264 Å². The average Bonchev–Trinajstić information content (AvgIpc) is 3.33. The number of benzene rings is 1. The normalized spacial score (nSPS) is 30.5. The van der Waals surface area contributed by atoms with Crippen molar-refractivity contribution < 1.29 is 23.0 Å². The molecule has 4 aromatic rings. The number of amides is 1. The molecule has 0 radical (unpaired) electrons. The van der Waals surface area contributed by atoms with Crippen LogP contribution >= 0.6 is 0 Å². The summed E-state index contributed by atoms with van der Waals surface area (Å²) in [6, 6.07) is 2.07. The summed E-state index contributed by atoms with van der Waals surface area (Å²) >= 11 is 0. The Bertz CT molecular complexity index is 1920. The van der Waals surface area contributed by atoms with Crippen LogP contribution in [0.15, 0.2) is 18.5 Å². The summed E-state index contributed by atoms with van der Waals surface area (Å²) in [5, 5.41) is 11.6. The van der Waals surface area contributed by atoms with Crippen LogP contribution in [0.3, 0.4) is 0 Å². The van der Waals surface area contributed by atoms with Gasteiger partial charge in [-0.05, 0) is 69.2 Å². The lowest BCUT2D eigenvalue weighted by atomic mass is 9.91. The molecule has 0 spiro atoms. The van der Waals surface area contributed by atoms with Gasteiger partial charge in [0.2, 0.25) is 0 Å². The minimum absolute atomic E-state index is 0.0457. The van der Waals surface area contributed by atoms with Crippen molar-refractivity contribution in [2.75, 3.05) is 44.3 Å². The van der Waals surface area contributed by atoms with Crippen molar-refractivity contribution in [3.05, 3.63) is 35.4 Å². The fourth-order valence-electron chi connectivity index (χ4n) is 8.62. The first-order valence-electron chi connectivity index (χ1n) is 16.3. The summed E-state index contributed by atoms with van der Waals surface area (Å²) in [5.74, 6) is 0.115. The molecule has 4 fully saturated rings. The molecule has 2 N–H and O–H groups in total. The van der Waals surface area contributed by atoms with E-state index in [1.54, 1.807) is 12.4 Å². The standard InChI is InChI=1S/C33H36F2N8O3/c1-17-8-23-21(12-37-41-23)25-24(17)20-9-18(20)14-45-31(44)40-32(2)5-7-42(15-32)29-22-11-36-28(25)26(35)27(22)38-30(39-29)46-16-33-4-3-6-43(33)13-19(34)10-33/h8,11-12,18-20H,3-7,9-10,13-16H2,1-2H3,(H,37,41)(H,40,44)/t18-,19-,20-,32-,33+/m1/s1. The van der Waals surface area contributed by atoms with E-state index in [1.807, 2.05) is 24.8 Å². The Morgan fingerprint density at radius 2 is 2.09 bits per heavy atom. The van der Waals surface area contributed by atoms with E-state index in [-0.39, 0.29) is 42.3 Å². The van der Waals surface area contributed by atoms with Crippen LogP contribution in [0.4, 0.5) is 19.4 Å². The van der Waals surface area contributed by atoms with Gasteiger partial charge in [0.1, 0.15) is 29.8 Å². The van der Waals surface area contributed by atoms with Crippen molar-refractivity contribution in [3.63, 3.8) is 0 Å². The highest BCUT2D eigenvalue weighted by atomic mass is 19.1. The van der Waals surface area contributed by atoms with Gasteiger partial charge in [0, 0.05) is 49.1 Å². The molecule has 0 unspecified atom stereocenters. The molecule has 3 saturated heterocycles. The number of anilines is 1. The number of hydrogen-bond acceptors (Lipinski definition) is 9. The van der Waals surface area contributed by atoms with Gasteiger partial charge in [0.25, 0.3) is 0 Å². The molecule has 6 aliphatic rings. The predicted octanol–water partition coefficient (Wildman–Crippen LogP) is 4.78. The van der Waals surface area contributed by atoms with Crippen molar-refractivity contribution in [1.29, 1.82) is 0 Å². The molecule has 1 amide bonds. The van der Waals surface area contributed by atoms with E-state index in [0.717, 1.165) is 47.8 Å². The number of aromatic amines is 1. The number of alkyl carbamates (subject to hydrolysis) is 1. The SMILES string of the molecule is Cc1cc2[nH]ncc2c2c1[C@@H]1C[C@@H]1COC(=O)N[C@]1(C)CCN(C1)c1nc(OC[C@@]34CCCN3C[C@H](F)C4)nc3c(F)c-2ncc13. The van der Waals surface area contributed by atoms with Crippen LogP contribution in [0.2, 0.25) is 0 Å². The topological polar surface area (TPSA) is 121 Å². The van der Waals surface area contributed by atoms with Gasteiger partial charge in [0.15, 0.2) is 5.82 Å². The maximum atomic E-state index is 17.1. The summed E-state index contributed by atoms with van der Waals surface area (Å²) in [5.41, 5.74) is 2.73. The third kappa shape index (κ3) is 4.34. The van der Waals surface area contributed by atoms with Gasteiger partial charge in [-0.25, -0.2) is 13.6 Å². The van der Waals surface area contributed by atoms with E-state index in [9.17, 15) is 9.18 Å². The second kappa shape index (κ2) is 9.93. The molecule has 8 heterocycles. The van der Waals surface area contributed by atoms with Gasteiger partial charge in [0.05, 0.1) is 34.8 Å². The van der Waals surface area contributed by atoms with Crippen molar-refractivity contribution >= 4 is 33.7 Å². The Kier molecular flexibility index (Phi) is 6.07. The van der Waals surface area contributed by atoms with Gasteiger partial charge >= 0.3 is 12.1 Å². The largest absolute Gasteiger partial charge is 0.461 e. The Morgan fingerprint density at radius 3 is 2.98 bits per heavy atom. The third-order valence-corrected chi connectivity index (χ3v) is 11.0. The Morgan fingerprint density at radius 1 is 1.20 bits per heavy atom. The van der Waals surface area contributed by atoms with Crippen LogP contribution in [-0.2, 0) is 4.74 Å². The van der Waals surface area contributed by atoms with Crippen molar-refractivity contribution in [2.24, 2.45) is 5.92 Å². The second-order valence-electron chi connectivity index (χ2n) is 14.2. The van der Waals surface area contributed by atoms with Crippen molar-refractivity contribution in [2.45, 2.75) is 69.1 Å². The fraction of sp³-hybridized carbons (Fsp3) is 0.545. The summed E-state index contributed by atoms with van der Waals surface area (Å²) in [4.78, 5) is 31.4. The quantitative estimate of drug-likeness (QED) is 0.329. The molecule has 1 aliphatic carbocycles. The molecular formula is C33H36F2N8O3. The van der Waals surface area contributed by atoms with E-state index >= 15 is 4.39 Å². The number of aromatic nitrogens is 5. The first-order valence-corrected chi connectivity index (χ1v) is 16.3. The highest BCUT2D eigenvalue weighted by Gasteiger charge is 2.50. The minimum atomic E-state index is -0.897. The number of carbonyl (C=O) groups is 1. The molecule has 5 aliphatic heterocycles. The number of pyridine rings is 1. The highest BCUT2D eigenvalue weighted by Crippen LogP contribution is 2.53. The number of fused-ring (bicyclic) bond motifs is 6. The van der Waals surface area contributed by atoms with Gasteiger partial charge < -0.3 is 19.7 Å². The van der Waals surface area contributed by atoms with Crippen LogP contribution < -0.4 is 15.0 Å². The number of ether oxygens (including phenoxy) is 2. The van der Waals surface area contributed by atoms with E-state index in [0.29, 0.717) is 49.2 Å². The summed E-state index contributed by atoms with van der Waals surface area (Å²) < 4.78 is 43.6. The molecule has 240 valence electrons. The lowest BCUT2D eigenvalue weighted by Gasteiger charge is -2.31. The first kappa shape index (κ1) is 28.1. The number of nitrogens with one attached hydrogen (secondary N) is 2. The number of rotatable bonds is 3. The average molecular weight is 631 g/mol. The van der Waals surface area contributed by atoms with Crippen LogP contribution in [-0.4, -0.2) is 92.8 Å². The molecule has 10 rings (SSSR count). The molecule has 46 heavy (non-hydrogen) atoms. The molecule has 1 aromatic carbocycles. The second-order valence-corrected chi connectivity index (χ2v) is 14.2. The molecule has 11 nitrogen and oxygen atoms in total. The summed E-state index contributed by atoms with van der Waals surface area (Å²) in [6.45, 7) is 6.73. The molecule has 6 bridgehead atoms. The zero-order valence-electron chi connectivity index (χ0n) is 25.9. The molecule has 1 saturated carbocycles. The number of halogens is 2. The predicted molar refractivity (Wildman–Crippen MR) is 166 cm³/mol. The third-order valence-electron chi connectivity index (χ3n) is 11.0. The van der Waals surface area contributed by atoms with E-state index in [1.165, 1.54) is 0 Å². The van der Waals surface area contributed by atoms with Gasteiger partial charge in [-0.1, -0.05) is 0 Å². The van der Waals surface area contributed by atoms with Crippen LogP contribution in [0.25, 0.3) is 33.1 Å². The van der Waals surface area contributed by atoms with E-state index in [4.69, 9.17) is 19.4 Å². The number of alkyl halides is 1.